The summed E-state index contributed by atoms with van der Waals surface area (Å²) in [5.41, 5.74) is 4.18. The molecule has 0 spiro atoms. The van der Waals surface area contributed by atoms with E-state index in [-0.39, 0.29) is 11.7 Å². The van der Waals surface area contributed by atoms with Gasteiger partial charge in [-0.3, -0.25) is 4.79 Å². The maximum Gasteiger partial charge on any atom is 0.259 e. The van der Waals surface area contributed by atoms with E-state index in [9.17, 15) is 9.18 Å². The van der Waals surface area contributed by atoms with E-state index in [4.69, 9.17) is 4.74 Å². The van der Waals surface area contributed by atoms with E-state index in [0.29, 0.717) is 34.9 Å². The van der Waals surface area contributed by atoms with Crippen LogP contribution >= 0.6 is 0 Å². The molecule has 0 atom stereocenters. The highest BCUT2D eigenvalue weighted by atomic mass is 19.1. The van der Waals surface area contributed by atoms with Crippen LogP contribution < -0.4 is 5.32 Å². The second kappa shape index (κ2) is 7.49. The number of halogens is 1. The number of hydrogen-bond donors (Lipinski definition) is 1. The number of carbonyl (C=O) groups is 1. The standard InChI is InChI=1S/C20H20FN3O2/c1-13-19(14(2)24(23-13)18-9-7-16(21)8-10-18)20(25)22-17-6-4-5-15(11-17)12-26-3/h4-11H,12H2,1-3H3,(H,22,25). The largest absolute Gasteiger partial charge is 0.380 e. The molecule has 3 rings (SSSR count). The molecule has 0 saturated carbocycles. The first-order chi connectivity index (χ1) is 12.5. The average Bonchev–Trinajstić information content (AvgIpc) is 2.91. The van der Waals surface area contributed by atoms with Gasteiger partial charge in [0.05, 0.1) is 29.2 Å². The number of nitrogens with one attached hydrogen (secondary N) is 1. The molecule has 0 unspecified atom stereocenters. The Balaban J connectivity index is 1.88. The van der Waals surface area contributed by atoms with Gasteiger partial charge in [-0.25, -0.2) is 9.07 Å². The lowest BCUT2D eigenvalue weighted by molar-refractivity contribution is 0.102. The Hall–Kier alpha value is -2.99. The van der Waals surface area contributed by atoms with Crippen molar-refractivity contribution in [3.05, 3.63) is 76.9 Å². The fraction of sp³-hybridized carbons (Fsp3) is 0.200. The minimum Gasteiger partial charge on any atom is -0.380 e. The van der Waals surface area contributed by atoms with Crippen molar-refractivity contribution in [2.75, 3.05) is 12.4 Å². The molecule has 1 N–H and O–H groups in total. The number of methoxy groups -OCH3 is 1. The molecule has 0 saturated heterocycles. The molecule has 0 aliphatic carbocycles. The van der Waals surface area contributed by atoms with Crippen molar-refractivity contribution in [1.29, 1.82) is 0 Å². The number of nitrogens with zero attached hydrogens (tertiary/aromatic N) is 2. The molecule has 3 aromatic rings. The molecule has 26 heavy (non-hydrogen) atoms. The maximum atomic E-state index is 13.1. The third-order valence-corrected chi connectivity index (χ3v) is 4.09. The molecular weight excluding hydrogens is 333 g/mol. The Kier molecular flexibility index (Phi) is 5.14. The Morgan fingerprint density at radius 2 is 1.92 bits per heavy atom. The van der Waals surface area contributed by atoms with Crippen molar-refractivity contribution < 1.29 is 13.9 Å². The van der Waals surface area contributed by atoms with Gasteiger partial charge in [-0.2, -0.15) is 5.10 Å². The minimum atomic E-state index is -0.316. The lowest BCUT2D eigenvalue weighted by atomic mass is 10.1. The number of benzene rings is 2. The van der Waals surface area contributed by atoms with Crippen molar-refractivity contribution in [2.24, 2.45) is 0 Å². The highest BCUT2D eigenvalue weighted by Gasteiger charge is 2.19. The smallest absolute Gasteiger partial charge is 0.259 e. The van der Waals surface area contributed by atoms with E-state index in [2.05, 4.69) is 10.4 Å². The lowest BCUT2D eigenvalue weighted by Gasteiger charge is -2.08. The van der Waals surface area contributed by atoms with Gasteiger partial charge in [-0.15, -0.1) is 0 Å². The number of rotatable bonds is 5. The van der Waals surface area contributed by atoms with Gasteiger partial charge in [0.2, 0.25) is 0 Å². The fourth-order valence-electron chi connectivity index (χ4n) is 2.90. The van der Waals surface area contributed by atoms with Crippen molar-refractivity contribution in [1.82, 2.24) is 9.78 Å². The van der Waals surface area contributed by atoms with Gasteiger partial charge < -0.3 is 10.1 Å². The number of anilines is 1. The van der Waals surface area contributed by atoms with Gasteiger partial charge in [-0.05, 0) is 55.8 Å². The van der Waals surface area contributed by atoms with Crippen LogP contribution in [0.5, 0.6) is 0 Å². The average molecular weight is 353 g/mol. The Morgan fingerprint density at radius 3 is 2.62 bits per heavy atom. The molecule has 1 heterocycles. The summed E-state index contributed by atoms with van der Waals surface area (Å²) in [5, 5.41) is 7.34. The molecule has 2 aromatic carbocycles. The van der Waals surface area contributed by atoms with Gasteiger partial charge in [0, 0.05) is 12.8 Å². The van der Waals surface area contributed by atoms with Crippen LogP contribution in [-0.2, 0) is 11.3 Å². The predicted octanol–water partition coefficient (Wildman–Crippen LogP) is 4.03. The molecule has 1 amide bonds. The van der Waals surface area contributed by atoms with E-state index in [1.165, 1.54) is 12.1 Å². The number of hydrogen-bond acceptors (Lipinski definition) is 3. The molecule has 0 aliphatic rings. The predicted molar refractivity (Wildman–Crippen MR) is 98.1 cm³/mol. The minimum absolute atomic E-state index is 0.233. The summed E-state index contributed by atoms with van der Waals surface area (Å²) >= 11 is 0. The summed E-state index contributed by atoms with van der Waals surface area (Å²) in [4.78, 5) is 12.8. The van der Waals surface area contributed by atoms with Gasteiger partial charge in [0.1, 0.15) is 5.82 Å². The Bertz CT molecular complexity index is 933. The molecule has 0 fully saturated rings. The van der Waals surface area contributed by atoms with Crippen molar-refractivity contribution in [2.45, 2.75) is 20.5 Å². The van der Waals surface area contributed by atoms with Crippen molar-refractivity contribution >= 4 is 11.6 Å². The Morgan fingerprint density at radius 1 is 1.19 bits per heavy atom. The molecule has 0 bridgehead atoms. The van der Waals surface area contributed by atoms with Crippen LogP contribution in [0.1, 0.15) is 27.3 Å². The summed E-state index contributed by atoms with van der Waals surface area (Å²) in [6.45, 7) is 4.08. The van der Waals surface area contributed by atoms with Crippen LogP contribution in [0.4, 0.5) is 10.1 Å². The van der Waals surface area contributed by atoms with Crippen LogP contribution in [0.25, 0.3) is 5.69 Å². The fourth-order valence-corrected chi connectivity index (χ4v) is 2.90. The summed E-state index contributed by atoms with van der Waals surface area (Å²) < 4.78 is 19.9. The third-order valence-electron chi connectivity index (χ3n) is 4.09. The van der Waals surface area contributed by atoms with Gasteiger partial charge in [-0.1, -0.05) is 12.1 Å². The van der Waals surface area contributed by atoms with Crippen LogP contribution in [0.3, 0.4) is 0 Å². The number of carbonyl (C=O) groups excluding carboxylic acids is 1. The SMILES string of the molecule is COCc1cccc(NC(=O)c2c(C)nn(-c3ccc(F)cc3)c2C)c1. The molecule has 134 valence electrons. The first-order valence-electron chi connectivity index (χ1n) is 8.21. The van der Waals surface area contributed by atoms with Crippen molar-refractivity contribution in [3.8, 4) is 5.69 Å². The highest BCUT2D eigenvalue weighted by Crippen LogP contribution is 2.20. The number of ether oxygens (including phenoxy) is 1. The summed E-state index contributed by atoms with van der Waals surface area (Å²) in [7, 11) is 1.63. The van der Waals surface area contributed by atoms with E-state index >= 15 is 0 Å². The van der Waals surface area contributed by atoms with E-state index in [0.717, 1.165) is 5.56 Å². The first-order valence-corrected chi connectivity index (χ1v) is 8.21. The highest BCUT2D eigenvalue weighted by molar-refractivity contribution is 6.06. The van der Waals surface area contributed by atoms with E-state index in [1.807, 2.05) is 31.2 Å². The van der Waals surface area contributed by atoms with Gasteiger partial charge in [0.15, 0.2) is 0 Å². The third kappa shape index (κ3) is 3.65. The summed E-state index contributed by atoms with van der Waals surface area (Å²) in [6.07, 6.45) is 0. The topological polar surface area (TPSA) is 56.1 Å². The second-order valence-electron chi connectivity index (χ2n) is 6.02. The lowest BCUT2D eigenvalue weighted by Crippen LogP contribution is -2.14. The molecular formula is C20H20FN3O2. The van der Waals surface area contributed by atoms with Crippen LogP contribution in [0, 0.1) is 19.7 Å². The molecule has 0 aliphatic heterocycles. The summed E-state index contributed by atoms with van der Waals surface area (Å²) in [5.74, 6) is -0.549. The van der Waals surface area contributed by atoms with Crippen molar-refractivity contribution in [3.63, 3.8) is 0 Å². The zero-order valence-electron chi connectivity index (χ0n) is 14.9. The number of aromatic nitrogens is 2. The number of amides is 1. The van der Waals surface area contributed by atoms with Crippen LogP contribution in [0.15, 0.2) is 48.5 Å². The van der Waals surface area contributed by atoms with E-state index in [1.54, 1.807) is 30.8 Å². The normalized spacial score (nSPS) is 10.8. The maximum absolute atomic E-state index is 13.1. The Labute approximate surface area is 151 Å². The molecule has 1 aromatic heterocycles. The van der Waals surface area contributed by atoms with E-state index < -0.39 is 0 Å². The van der Waals surface area contributed by atoms with Gasteiger partial charge >= 0.3 is 0 Å². The second-order valence-corrected chi connectivity index (χ2v) is 6.02. The zero-order chi connectivity index (χ0) is 18.7. The first kappa shape index (κ1) is 17.8. The van der Waals surface area contributed by atoms with Gasteiger partial charge in [0.25, 0.3) is 5.91 Å². The zero-order valence-corrected chi connectivity index (χ0v) is 14.9. The summed E-state index contributed by atoms with van der Waals surface area (Å²) in [6, 6.07) is 13.5. The molecule has 0 radical (unpaired) electrons. The van der Waals surface area contributed by atoms with Crippen LogP contribution in [0.2, 0.25) is 0 Å². The quantitative estimate of drug-likeness (QED) is 0.753. The number of aryl methyl sites for hydroxylation is 1. The monoisotopic (exact) mass is 353 g/mol. The molecule has 6 heteroatoms. The molecule has 5 nitrogen and oxygen atoms in total. The van der Waals surface area contributed by atoms with Crippen LogP contribution in [-0.4, -0.2) is 22.8 Å².